The summed E-state index contributed by atoms with van der Waals surface area (Å²) < 4.78 is 65.7. The Bertz CT molecular complexity index is 3080. The molecule has 2 atom stereocenters. The molecule has 12 heteroatoms. The molecule has 0 saturated heterocycles. The number of furan rings is 2. The fourth-order valence-corrected chi connectivity index (χ4v) is 14.4. The van der Waals surface area contributed by atoms with Crippen molar-refractivity contribution in [2.75, 3.05) is 0 Å². The lowest BCUT2D eigenvalue weighted by Gasteiger charge is -2.37. The van der Waals surface area contributed by atoms with E-state index in [9.17, 15) is 0 Å². The first kappa shape index (κ1) is 42.5. The molecule has 0 spiro atoms. The number of thiophene rings is 2. The van der Waals surface area contributed by atoms with E-state index in [1.807, 2.05) is 60.7 Å². The molecule has 2 unspecified atom stereocenters. The van der Waals surface area contributed by atoms with Crippen LogP contribution >= 0.6 is 46.1 Å². The van der Waals surface area contributed by atoms with Crippen LogP contribution in [0.25, 0.3) is 97.3 Å². The molecule has 0 N–H and O–H groups in total. The zero-order valence-electron chi connectivity index (χ0n) is 36.8. The molecule has 4 aromatic carbocycles. The predicted molar refractivity (Wildman–Crippen MR) is 267 cm³/mol. The second-order valence-corrected chi connectivity index (χ2v) is 21.0. The molecule has 0 radical (unpaired) electrons. The Morgan fingerprint density at radius 3 is 1.40 bits per heavy atom. The van der Waals surface area contributed by atoms with Crippen LogP contribution in [0.3, 0.4) is 0 Å². The topological polar surface area (TPSA) is 77.8 Å². The van der Waals surface area contributed by atoms with Crippen LogP contribution in [0, 0.1) is 23.5 Å². The van der Waals surface area contributed by atoms with Crippen molar-refractivity contribution in [2.45, 2.75) is 97.3 Å². The van der Waals surface area contributed by atoms with Gasteiger partial charge in [-0.2, -0.15) is 17.5 Å². The van der Waals surface area contributed by atoms with E-state index in [0.29, 0.717) is 67.7 Å². The van der Waals surface area contributed by atoms with Gasteiger partial charge in [0.15, 0.2) is 0 Å². The van der Waals surface area contributed by atoms with Crippen LogP contribution in [0.1, 0.15) is 103 Å². The molecule has 0 amide bonds. The number of para-hydroxylation sites is 2. The van der Waals surface area contributed by atoms with Crippen molar-refractivity contribution in [3.63, 3.8) is 0 Å². The van der Waals surface area contributed by atoms with E-state index in [1.165, 1.54) is 24.0 Å². The Hall–Kier alpha value is -5.14. The van der Waals surface area contributed by atoms with Crippen molar-refractivity contribution in [1.29, 1.82) is 0 Å². The molecule has 11 rings (SSSR count). The summed E-state index contributed by atoms with van der Waals surface area (Å²) in [7, 11) is 0. The first-order valence-electron chi connectivity index (χ1n) is 23.0. The Morgan fingerprint density at radius 1 is 0.554 bits per heavy atom. The van der Waals surface area contributed by atoms with Gasteiger partial charge in [0.1, 0.15) is 56.4 Å². The van der Waals surface area contributed by atoms with Crippen molar-refractivity contribution in [2.24, 2.45) is 11.8 Å². The summed E-state index contributed by atoms with van der Waals surface area (Å²) in [5, 5.41) is 1.89. The molecule has 0 bridgehead atoms. The maximum atomic E-state index is 17.1. The number of halogens is 2. The van der Waals surface area contributed by atoms with Crippen molar-refractivity contribution in [3.8, 4) is 53.3 Å². The fourth-order valence-electron chi connectivity index (χ4n) is 10.5. The number of nitrogens with zero attached hydrogens (tertiary/aromatic N) is 4. The summed E-state index contributed by atoms with van der Waals surface area (Å²) in [4.78, 5) is 3.96. The lowest BCUT2D eigenvalue weighted by atomic mass is 9.65. The van der Waals surface area contributed by atoms with Crippen molar-refractivity contribution < 1.29 is 17.6 Å². The van der Waals surface area contributed by atoms with Crippen LogP contribution in [-0.4, -0.2) is 17.5 Å². The van der Waals surface area contributed by atoms with E-state index in [2.05, 4.69) is 39.8 Å². The minimum atomic E-state index is -0.356. The molecule has 1 aliphatic rings. The van der Waals surface area contributed by atoms with E-state index < -0.39 is 0 Å². The highest BCUT2D eigenvalue weighted by Gasteiger charge is 2.48. The molecule has 65 heavy (non-hydrogen) atoms. The highest BCUT2D eigenvalue weighted by molar-refractivity contribution is 7.26. The van der Waals surface area contributed by atoms with Gasteiger partial charge in [-0.1, -0.05) is 115 Å². The normalized spacial score (nSPS) is 14.3. The molecule has 6 nitrogen and oxygen atoms in total. The zero-order valence-corrected chi connectivity index (χ0v) is 40.1. The summed E-state index contributed by atoms with van der Waals surface area (Å²) >= 11 is 5.46. The largest absolute Gasteiger partial charge is 0.456 e. The molecule has 0 saturated carbocycles. The second-order valence-electron chi connectivity index (χ2n) is 17.8. The summed E-state index contributed by atoms with van der Waals surface area (Å²) in [5.74, 6) is 1.38. The SMILES string of the molecule is CCCCC(CC)CC1(CC(CC)CCCC)c2cc(-c3c(F)cc(-c4cc5ccccc5o4)c4nsnc34)sc2-c2sc(-c3c(F)cc(-c4cc5ccccc5o4)c4nsnc34)cc21. The maximum absolute atomic E-state index is 17.1. The van der Waals surface area contributed by atoms with Crippen LogP contribution in [0.15, 0.2) is 93.8 Å². The molecule has 0 fully saturated rings. The van der Waals surface area contributed by atoms with Crippen molar-refractivity contribution >= 4 is 90.1 Å². The number of benzene rings is 4. The third kappa shape index (κ3) is 7.17. The Morgan fingerprint density at radius 2 is 0.985 bits per heavy atom. The van der Waals surface area contributed by atoms with Gasteiger partial charge in [-0.25, -0.2) is 8.78 Å². The quantitative estimate of drug-likeness (QED) is 0.0960. The Kier molecular flexibility index (Phi) is 11.3. The average molecular weight is 939 g/mol. The smallest absolute Gasteiger partial charge is 0.137 e. The minimum absolute atomic E-state index is 0.355. The molecule has 1 aliphatic carbocycles. The number of hydrogen-bond acceptors (Lipinski definition) is 10. The van der Waals surface area contributed by atoms with Gasteiger partial charge in [0.05, 0.1) is 34.6 Å². The van der Waals surface area contributed by atoms with Gasteiger partial charge in [0, 0.05) is 46.8 Å². The lowest BCUT2D eigenvalue weighted by Crippen LogP contribution is -2.31. The van der Waals surface area contributed by atoms with E-state index in [1.54, 1.807) is 34.8 Å². The first-order chi connectivity index (χ1) is 31.8. The first-order valence-corrected chi connectivity index (χ1v) is 26.1. The van der Waals surface area contributed by atoms with Gasteiger partial charge in [-0.05, 0) is 84.3 Å². The number of aromatic nitrogens is 4. The highest BCUT2D eigenvalue weighted by atomic mass is 32.1. The van der Waals surface area contributed by atoms with E-state index in [0.717, 1.165) is 116 Å². The highest BCUT2D eigenvalue weighted by Crippen LogP contribution is 2.63. The van der Waals surface area contributed by atoms with Gasteiger partial charge < -0.3 is 8.83 Å². The summed E-state index contributed by atoms with van der Waals surface area (Å²) in [6.45, 7) is 9.19. The average Bonchev–Trinajstić information content (AvgIpc) is 4.19. The number of rotatable bonds is 16. The van der Waals surface area contributed by atoms with E-state index >= 15 is 8.78 Å². The van der Waals surface area contributed by atoms with Crippen LogP contribution in [0.2, 0.25) is 0 Å². The van der Waals surface area contributed by atoms with Crippen LogP contribution < -0.4 is 0 Å². The molecule has 330 valence electrons. The van der Waals surface area contributed by atoms with Crippen molar-refractivity contribution in [1.82, 2.24) is 17.5 Å². The third-order valence-electron chi connectivity index (χ3n) is 13.9. The van der Waals surface area contributed by atoms with Crippen LogP contribution in [0.4, 0.5) is 8.78 Å². The summed E-state index contributed by atoms with van der Waals surface area (Å²) in [6.07, 6.45) is 11.0. The molecule has 10 aromatic rings. The molecular weight excluding hydrogens is 891 g/mol. The standard InChI is InChI=1S/C53H48F2N4O2S4/c1-5-9-15-29(7-3)27-53(28-30(8-4)16-10-6-2)35-25-43(45-37(54)23-33(47-49(45)58-64-56-47)41-21-31-17-11-13-19-39(31)60-41)62-51(35)52-36(53)26-44(63-52)46-38(55)24-34(48-50(46)59-65-57-48)42-22-32-18-12-14-20-40(32)61-42/h11-14,17-26,29-30H,5-10,15-16,27-28H2,1-4H3. The summed E-state index contributed by atoms with van der Waals surface area (Å²) in [6, 6.07) is 27.2. The molecule has 6 aromatic heterocycles. The van der Waals surface area contributed by atoms with E-state index in [-0.39, 0.29) is 17.0 Å². The lowest BCUT2D eigenvalue weighted by molar-refractivity contribution is 0.266. The van der Waals surface area contributed by atoms with Gasteiger partial charge in [-0.15, -0.1) is 22.7 Å². The van der Waals surface area contributed by atoms with Crippen LogP contribution in [0.5, 0.6) is 0 Å². The molecular formula is C53H48F2N4O2S4. The van der Waals surface area contributed by atoms with Gasteiger partial charge in [-0.3, -0.25) is 0 Å². The van der Waals surface area contributed by atoms with Crippen LogP contribution in [-0.2, 0) is 5.41 Å². The van der Waals surface area contributed by atoms with Crippen molar-refractivity contribution in [3.05, 3.63) is 108 Å². The number of unbranched alkanes of at least 4 members (excludes halogenated alkanes) is 2. The third-order valence-corrected chi connectivity index (χ3v) is 17.4. The number of fused-ring (bicyclic) bond motifs is 7. The monoisotopic (exact) mass is 938 g/mol. The second kappa shape index (κ2) is 17.3. The molecule has 6 heterocycles. The van der Waals surface area contributed by atoms with Gasteiger partial charge >= 0.3 is 0 Å². The predicted octanol–water partition coefficient (Wildman–Crippen LogP) is 17.7. The maximum Gasteiger partial charge on any atom is 0.137 e. The molecule has 0 aliphatic heterocycles. The van der Waals surface area contributed by atoms with Gasteiger partial charge in [0.2, 0.25) is 0 Å². The zero-order chi connectivity index (χ0) is 44.4. The summed E-state index contributed by atoms with van der Waals surface area (Å²) in [5.41, 5.74) is 8.12. The van der Waals surface area contributed by atoms with E-state index in [4.69, 9.17) is 26.3 Å². The Labute approximate surface area is 393 Å². The fraction of sp³-hybridized carbons (Fsp3) is 0.321. The Balaban J connectivity index is 1.10. The minimum Gasteiger partial charge on any atom is -0.456 e. The number of hydrogen-bond donors (Lipinski definition) is 0. The van der Waals surface area contributed by atoms with Gasteiger partial charge in [0.25, 0.3) is 0 Å².